The molecule has 1 aromatic rings. The van der Waals surface area contributed by atoms with Gasteiger partial charge in [-0.3, -0.25) is 4.98 Å². The number of nitrogens with zero attached hydrogens (tertiary/aromatic N) is 2. The van der Waals surface area contributed by atoms with Crippen LogP contribution in [-0.2, 0) is 4.74 Å². The molecule has 0 saturated heterocycles. The van der Waals surface area contributed by atoms with Gasteiger partial charge in [0.1, 0.15) is 6.10 Å². The van der Waals surface area contributed by atoms with Crippen molar-refractivity contribution < 1.29 is 14.3 Å². The fourth-order valence-electron chi connectivity index (χ4n) is 2.07. The molecule has 2 unspecified atom stereocenters. The normalized spacial score (nSPS) is 23.4. The third-order valence-electron chi connectivity index (χ3n) is 2.96. The molecular weight excluding hydrogens is 234 g/mol. The maximum absolute atomic E-state index is 11.3. The number of carbonyl (C=O) groups excluding carboxylic acids is 1. The smallest absolute Gasteiger partial charge is 0.358 e. The first-order valence-corrected chi connectivity index (χ1v) is 6.01. The maximum Gasteiger partial charge on any atom is 0.358 e. The van der Waals surface area contributed by atoms with E-state index in [4.69, 9.17) is 10.5 Å². The minimum absolute atomic E-state index is 0.0518. The van der Waals surface area contributed by atoms with Gasteiger partial charge in [-0.15, -0.1) is 0 Å². The van der Waals surface area contributed by atoms with E-state index in [0.717, 1.165) is 25.7 Å². The van der Waals surface area contributed by atoms with E-state index in [1.807, 2.05) is 0 Å². The van der Waals surface area contributed by atoms with Gasteiger partial charge in [0, 0.05) is 6.04 Å². The van der Waals surface area contributed by atoms with Crippen LogP contribution in [-0.4, -0.2) is 35.2 Å². The van der Waals surface area contributed by atoms with Crippen LogP contribution < -0.4 is 10.5 Å². The summed E-state index contributed by atoms with van der Waals surface area (Å²) in [6, 6.07) is 0.181. The summed E-state index contributed by atoms with van der Waals surface area (Å²) in [5, 5.41) is 0. The number of aromatic nitrogens is 2. The lowest BCUT2D eigenvalue weighted by molar-refractivity contribution is 0.0590. The van der Waals surface area contributed by atoms with Crippen molar-refractivity contribution in [1.82, 2.24) is 9.97 Å². The van der Waals surface area contributed by atoms with Crippen LogP contribution >= 0.6 is 0 Å². The van der Waals surface area contributed by atoms with Gasteiger partial charge < -0.3 is 15.2 Å². The monoisotopic (exact) mass is 251 g/mol. The second-order valence-corrected chi connectivity index (χ2v) is 4.40. The lowest BCUT2D eigenvalue weighted by Crippen LogP contribution is -2.34. The zero-order chi connectivity index (χ0) is 13.0. The predicted molar refractivity (Wildman–Crippen MR) is 64.2 cm³/mol. The van der Waals surface area contributed by atoms with Crippen LogP contribution in [0, 0.1) is 0 Å². The zero-order valence-electron chi connectivity index (χ0n) is 10.3. The lowest BCUT2D eigenvalue weighted by Gasteiger charge is -2.26. The van der Waals surface area contributed by atoms with Crippen LogP contribution in [0.1, 0.15) is 36.2 Å². The quantitative estimate of drug-likeness (QED) is 0.803. The fraction of sp³-hybridized carbons (Fsp3) is 0.583. The highest BCUT2D eigenvalue weighted by molar-refractivity contribution is 5.86. The fourth-order valence-corrected chi connectivity index (χ4v) is 2.07. The average Bonchev–Trinajstić information content (AvgIpc) is 2.38. The molecular formula is C12H17N3O3. The number of nitrogens with two attached hydrogens (primary N) is 1. The molecule has 0 amide bonds. The van der Waals surface area contributed by atoms with E-state index >= 15 is 0 Å². The van der Waals surface area contributed by atoms with E-state index in [2.05, 4.69) is 14.7 Å². The molecule has 2 N–H and O–H groups in total. The van der Waals surface area contributed by atoms with Crippen molar-refractivity contribution in [3.63, 3.8) is 0 Å². The Kier molecular flexibility index (Phi) is 4.09. The number of rotatable bonds is 3. The summed E-state index contributed by atoms with van der Waals surface area (Å²) in [4.78, 5) is 19.3. The molecule has 0 aromatic carbocycles. The molecule has 2 rings (SSSR count). The molecule has 6 nitrogen and oxygen atoms in total. The summed E-state index contributed by atoms with van der Waals surface area (Å²) in [5.41, 5.74) is 6.04. The number of ether oxygens (including phenoxy) is 2. The molecule has 1 aliphatic rings. The Bertz CT molecular complexity index is 425. The Hall–Kier alpha value is -1.69. The van der Waals surface area contributed by atoms with Crippen LogP contribution in [0.4, 0.5) is 0 Å². The second kappa shape index (κ2) is 5.77. The second-order valence-electron chi connectivity index (χ2n) is 4.40. The standard InChI is InChI=1S/C12H17N3O3/c1-17-12(16)10-6-14-7-11(15-10)18-9-4-2-3-8(13)5-9/h6-9H,2-5,13H2,1H3. The SMILES string of the molecule is COC(=O)c1cncc(OC2CCCC(N)C2)n1. The van der Waals surface area contributed by atoms with E-state index < -0.39 is 5.97 Å². The Morgan fingerprint density at radius 1 is 1.44 bits per heavy atom. The number of esters is 1. The number of hydrogen-bond donors (Lipinski definition) is 1. The van der Waals surface area contributed by atoms with Crippen molar-refractivity contribution in [2.75, 3.05) is 7.11 Å². The summed E-state index contributed by atoms with van der Waals surface area (Å²) in [5.74, 6) is -0.176. The molecule has 18 heavy (non-hydrogen) atoms. The van der Waals surface area contributed by atoms with Gasteiger partial charge in [-0.2, -0.15) is 0 Å². The molecule has 1 saturated carbocycles. The van der Waals surface area contributed by atoms with E-state index in [9.17, 15) is 4.79 Å². The molecule has 0 bridgehead atoms. The van der Waals surface area contributed by atoms with Gasteiger partial charge in [0.05, 0.1) is 19.5 Å². The van der Waals surface area contributed by atoms with Crippen LogP contribution in [0.25, 0.3) is 0 Å². The number of carbonyl (C=O) groups is 1. The third-order valence-corrected chi connectivity index (χ3v) is 2.96. The molecule has 1 aliphatic carbocycles. The summed E-state index contributed by atoms with van der Waals surface area (Å²) in [7, 11) is 1.30. The summed E-state index contributed by atoms with van der Waals surface area (Å²) in [6.45, 7) is 0. The lowest BCUT2D eigenvalue weighted by atomic mass is 9.94. The summed E-state index contributed by atoms with van der Waals surface area (Å²) < 4.78 is 10.3. The minimum Gasteiger partial charge on any atom is -0.473 e. The van der Waals surface area contributed by atoms with E-state index in [-0.39, 0.29) is 17.8 Å². The maximum atomic E-state index is 11.3. The first kappa shape index (κ1) is 12.8. The highest BCUT2D eigenvalue weighted by Gasteiger charge is 2.21. The highest BCUT2D eigenvalue weighted by Crippen LogP contribution is 2.21. The third kappa shape index (κ3) is 3.16. The van der Waals surface area contributed by atoms with Crippen molar-refractivity contribution in [3.8, 4) is 5.88 Å². The van der Waals surface area contributed by atoms with Gasteiger partial charge in [-0.25, -0.2) is 9.78 Å². The molecule has 98 valence electrons. The molecule has 1 aromatic heterocycles. The van der Waals surface area contributed by atoms with Gasteiger partial charge in [0.15, 0.2) is 5.69 Å². The Labute approximate surface area is 106 Å². The van der Waals surface area contributed by atoms with Gasteiger partial charge >= 0.3 is 5.97 Å². The van der Waals surface area contributed by atoms with Crippen molar-refractivity contribution >= 4 is 5.97 Å². The topological polar surface area (TPSA) is 87.3 Å². The number of hydrogen-bond acceptors (Lipinski definition) is 6. The van der Waals surface area contributed by atoms with Crippen molar-refractivity contribution in [3.05, 3.63) is 18.1 Å². The largest absolute Gasteiger partial charge is 0.473 e. The van der Waals surface area contributed by atoms with Gasteiger partial charge in [0.25, 0.3) is 0 Å². The minimum atomic E-state index is -0.520. The Morgan fingerprint density at radius 3 is 3.00 bits per heavy atom. The Morgan fingerprint density at radius 2 is 2.28 bits per heavy atom. The van der Waals surface area contributed by atoms with E-state index in [0.29, 0.717) is 5.88 Å². The molecule has 6 heteroatoms. The van der Waals surface area contributed by atoms with Crippen LogP contribution in [0.2, 0.25) is 0 Å². The van der Waals surface area contributed by atoms with Gasteiger partial charge in [-0.05, 0) is 25.7 Å². The van der Waals surface area contributed by atoms with Crippen molar-refractivity contribution in [2.24, 2.45) is 5.73 Å². The van der Waals surface area contributed by atoms with Gasteiger partial charge in [-0.1, -0.05) is 0 Å². The van der Waals surface area contributed by atoms with Crippen molar-refractivity contribution in [1.29, 1.82) is 0 Å². The van der Waals surface area contributed by atoms with Crippen LogP contribution in [0.5, 0.6) is 5.88 Å². The number of methoxy groups -OCH3 is 1. The molecule has 2 atom stereocenters. The molecule has 0 aliphatic heterocycles. The first-order chi connectivity index (χ1) is 8.69. The molecule has 1 heterocycles. The Balaban J connectivity index is 2.02. The summed E-state index contributed by atoms with van der Waals surface area (Å²) >= 11 is 0. The van der Waals surface area contributed by atoms with Crippen molar-refractivity contribution in [2.45, 2.75) is 37.8 Å². The first-order valence-electron chi connectivity index (χ1n) is 6.01. The zero-order valence-corrected chi connectivity index (χ0v) is 10.3. The highest BCUT2D eigenvalue weighted by atomic mass is 16.5. The van der Waals surface area contributed by atoms with Crippen LogP contribution in [0.3, 0.4) is 0 Å². The van der Waals surface area contributed by atoms with Crippen LogP contribution in [0.15, 0.2) is 12.4 Å². The van der Waals surface area contributed by atoms with Gasteiger partial charge in [0.2, 0.25) is 5.88 Å². The van der Waals surface area contributed by atoms with E-state index in [1.54, 1.807) is 0 Å². The molecule has 1 fully saturated rings. The predicted octanol–water partition coefficient (Wildman–Crippen LogP) is 0.912. The van der Waals surface area contributed by atoms with E-state index in [1.165, 1.54) is 19.5 Å². The average molecular weight is 251 g/mol. The molecule has 0 radical (unpaired) electrons. The summed E-state index contributed by atoms with van der Waals surface area (Å²) in [6.07, 6.45) is 6.75. The molecule has 0 spiro atoms.